The first-order valence-electron chi connectivity index (χ1n) is 12.8. The second kappa shape index (κ2) is 9.37. The largest absolute Gasteiger partial charge is 0.309 e. The molecule has 174 valence electrons. The van der Waals surface area contributed by atoms with Crippen LogP contribution in [-0.2, 0) is 12.8 Å². The molecule has 1 heteroatoms. The van der Waals surface area contributed by atoms with E-state index in [-0.39, 0.29) is 0 Å². The Kier molecular flexibility index (Phi) is 6.71. The van der Waals surface area contributed by atoms with Gasteiger partial charge in [0, 0.05) is 16.5 Å². The Morgan fingerprint density at radius 3 is 1.48 bits per heavy atom. The number of hydrogen-bond donors (Lipinski definition) is 0. The van der Waals surface area contributed by atoms with Crippen LogP contribution in [0, 0.1) is 10.8 Å². The summed E-state index contributed by atoms with van der Waals surface area (Å²) in [5.74, 6) is 0. The van der Waals surface area contributed by atoms with E-state index < -0.39 is 0 Å². The fourth-order valence-corrected chi connectivity index (χ4v) is 5.83. The third-order valence-corrected chi connectivity index (χ3v) is 7.13. The van der Waals surface area contributed by atoms with Crippen molar-refractivity contribution in [3.8, 4) is 5.69 Å². The number of benzene rings is 3. The second-order valence-electron chi connectivity index (χ2n) is 11.6. The fraction of sp³-hybridized carbons (Fsp3) is 0.438. The van der Waals surface area contributed by atoms with E-state index in [0.717, 1.165) is 12.8 Å². The lowest BCUT2D eigenvalue weighted by atomic mass is 9.81. The van der Waals surface area contributed by atoms with E-state index in [4.69, 9.17) is 0 Å². The standard InChI is InChI=1S/C32H41N/c1-7-18-31(3,4)22-24-14-16-29-27(20-24)28-21-25(23-32(5,6)19-8-2)15-17-30(28)33(29)26-12-10-9-11-13-26/h9-17,20-21H,7-8,18-19,22-23H2,1-6H3. The minimum Gasteiger partial charge on any atom is -0.309 e. The predicted octanol–water partition coefficient (Wildman–Crippen LogP) is 9.52. The molecule has 0 saturated carbocycles. The smallest absolute Gasteiger partial charge is 0.0541 e. The summed E-state index contributed by atoms with van der Waals surface area (Å²) in [6.07, 6.45) is 7.23. The van der Waals surface area contributed by atoms with Crippen LogP contribution in [0.4, 0.5) is 0 Å². The molecule has 0 N–H and O–H groups in total. The lowest BCUT2D eigenvalue weighted by Gasteiger charge is -2.24. The SMILES string of the molecule is CCCC(C)(C)Cc1ccc2c(c1)c1cc(CC(C)(C)CCC)ccc1n2-c1ccccc1. The van der Waals surface area contributed by atoms with Gasteiger partial charge in [0.2, 0.25) is 0 Å². The molecule has 0 amide bonds. The van der Waals surface area contributed by atoms with E-state index in [1.807, 2.05) is 0 Å². The van der Waals surface area contributed by atoms with Gasteiger partial charge in [-0.3, -0.25) is 0 Å². The van der Waals surface area contributed by atoms with Gasteiger partial charge in [0.25, 0.3) is 0 Å². The maximum atomic E-state index is 2.47. The van der Waals surface area contributed by atoms with Crippen molar-refractivity contribution in [3.05, 3.63) is 77.9 Å². The molecule has 0 bridgehead atoms. The zero-order valence-corrected chi connectivity index (χ0v) is 21.5. The fourth-order valence-electron chi connectivity index (χ4n) is 5.83. The third-order valence-electron chi connectivity index (χ3n) is 7.13. The molecule has 0 spiro atoms. The first kappa shape index (κ1) is 23.6. The maximum absolute atomic E-state index is 2.47. The topological polar surface area (TPSA) is 4.93 Å². The Morgan fingerprint density at radius 2 is 1.06 bits per heavy atom. The van der Waals surface area contributed by atoms with Crippen molar-refractivity contribution in [1.82, 2.24) is 4.57 Å². The van der Waals surface area contributed by atoms with Crippen LogP contribution < -0.4 is 0 Å². The number of para-hydroxylation sites is 1. The van der Waals surface area contributed by atoms with E-state index in [0.29, 0.717) is 10.8 Å². The molecule has 4 aromatic rings. The summed E-state index contributed by atoms with van der Waals surface area (Å²) in [6, 6.07) is 25.1. The van der Waals surface area contributed by atoms with Crippen molar-refractivity contribution in [1.29, 1.82) is 0 Å². The number of nitrogens with zero attached hydrogens (tertiary/aromatic N) is 1. The summed E-state index contributed by atoms with van der Waals surface area (Å²) in [5.41, 5.74) is 7.40. The quantitative estimate of drug-likeness (QED) is 0.245. The first-order valence-corrected chi connectivity index (χ1v) is 12.8. The van der Waals surface area contributed by atoms with Crippen LogP contribution in [-0.4, -0.2) is 4.57 Å². The van der Waals surface area contributed by atoms with Gasteiger partial charge in [-0.25, -0.2) is 0 Å². The molecule has 0 saturated heterocycles. The van der Waals surface area contributed by atoms with Gasteiger partial charge in [0.1, 0.15) is 0 Å². The molecule has 33 heavy (non-hydrogen) atoms. The molecule has 3 aromatic carbocycles. The number of fused-ring (bicyclic) bond motifs is 3. The van der Waals surface area contributed by atoms with Crippen molar-refractivity contribution in [2.24, 2.45) is 10.8 Å². The van der Waals surface area contributed by atoms with Crippen LogP contribution in [0.2, 0.25) is 0 Å². The van der Waals surface area contributed by atoms with Crippen LogP contribution >= 0.6 is 0 Å². The van der Waals surface area contributed by atoms with E-state index in [1.165, 1.54) is 64.3 Å². The zero-order valence-electron chi connectivity index (χ0n) is 21.5. The third kappa shape index (κ3) is 5.18. The van der Waals surface area contributed by atoms with Crippen LogP contribution in [0.1, 0.15) is 78.4 Å². The Labute approximate surface area is 200 Å². The van der Waals surface area contributed by atoms with E-state index in [2.05, 4.69) is 113 Å². The first-order chi connectivity index (χ1) is 15.7. The summed E-state index contributed by atoms with van der Waals surface area (Å²) >= 11 is 0. The molecular formula is C32H41N. The van der Waals surface area contributed by atoms with Crippen molar-refractivity contribution in [3.63, 3.8) is 0 Å². The molecule has 1 aromatic heterocycles. The lowest BCUT2D eigenvalue weighted by Crippen LogP contribution is -2.14. The van der Waals surface area contributed by atoms with Gasteiger partial charge in [0.15, 0.2) is 0 Å². The number of aromatic nitrogens is 1. The van der Waals surface area contributed by atoms with Gasteiger partial charge < -0.3 is 4.57 Å². The minimum atomic E-state index is 0.329. The van der Waals surface area contributed by atoms with Gasteiger partial charge >= 0.3 is 0 Å². The molecule has 0 atom stereocenters. The average molecular weight is 440 g/mol. The van der Waals surface area contributed by atoms with Crippen LogP contribution in [0.5, 0.6) is 0 Å². The number of rotatable bonds is 9. The monoisotopic (exact) mass is 439 g/mol. The van der Waals surface area contributed by atoms with E-state index >= 15 is 0 Å². The Bertz CT molecular complexity index is 1150. The highest BCUT2D eigenvalue weighted by atomic mass is 15.0. The maximum Gasteiger partial charge on any atom is 0.0541 e. The molecular weight excluding hydrogens is 398 g/mol. The molecule has 1 nitrogen and oxygen atoms in total. The molecule has 0 radical (unpaired) electrons. The highest BCUT2D eigenvalue weighted by molar-refractivity contribution is 6.09. The normalized spacial score (nSPS) is 12.7. The van der Waals surface area contributed by atoms with E-state index in [9.17, 15) is 0 Å². The van der Waals surface area contributed by atoms with Gasteiger partial charge in [0.05, 0.1) is 11.0 Å². The molecule has 4 rings (SSSR count). The van der Waals surface area contributed by atoms with Crippen LogP contribution in [0.3, 0.4) is 0 Å². The van der Waals surface area contributed by atoms with Crippen molar-refractivity contribution in [2.75, 3.05) is 0 Å². The second-order valence-corrected chi connectivity index (χ2v) is 11.6. The molecule has 0 unspecified atom stereocenters. The Hall–Kier alpha value is -2.54. The zero-order chi connectivity index (χ0) is 23.6. The highest BCUT2D eigenvalue weighted by Crippen LogP contribution is 2.36. The summed E-state index contributed by atoms with van der Waals surface area (Å²) in [7, 11) is 0. The van der Waals surface area contributed by atoms with Gasteiger partial charge in [-0.15, -0.1) is 0 Å². The summed E-state index contributed by atoms with van der Waals surface area (Å²) in [5, 5.41) is 2.77. The number of hydrogen-bond acceptors (Lipinski definition) is 0. The van der Waals surface area contributed by atoms with Crippen molar-refractivity contribution in [2.45, 2.75) is 80.1 Å². The van der Waals surface area contributed by atoms with Gasteiger partial charge in [-0.05, 0) is 84.0 Å². The summed E-state index contributed by atoms with van der Waals surface area (Å²) < 4.78 is 2.44. The summed E-state index contributed by atoms with van der Waals surface area (Å²) in [6.45, 7) is 14.2. The van der Waals surface area contributed by atoms with Crippen molar-refractivity contribution >= 4 is 21.8 Å². The molecule has 0 aliphatic heterocycles. The van der Waals surface area contributed by atoms with Gasteiger partial charge in [-0.1, -0.05) is 84.7 Å². The Morgan fingerprint density at radius 1 is 0.606 bits per heavy atom. The van der Waals surface area contributed by atoms with Crippen LogP contribution in [0.25, 0.3) is 27.5 Å². The van der Waals surface area contributed by atoms with Crippen LogP contribution in [0.15, 0.2) is 66.7 Å². The molecule has 0 aliphatic rings. The summed E-state index contributed by atoms with van der Waals surface area (Å²) in [4.78, 5) is 0. The van der Waals surface area contributed by atoms with E-state index in [1.54, 1.807) is 0 Å². The Balaban J connectivity index is 1.88. The van der Waals surface area contributed by atoms with Gasteiger partial charge in [-0.2, -0.15) is 0 Å². The average Bonchev–Trinajstić information content (AvgIpc) is 3.06. The molecule has 0 aliphatic carbocycles. The lowest BCUT2D eigenvalue weighted by molar-refractivity contribution is 0.329. The van der Waals surface area contributed by atoms with Crippen molar-refractivity contribution < 1.29 is 0 Å². The molecule has 1 heterocycles. The minimum absolute atomic E-state index is 0.329. The molecule has 0 fully saturated rings. The highest BCUT2D eigenvalue weighted by Gasteiger charge is 2.21. The predicted molar refractivity (Wildman–Crippen MR) is 146 cm³/mol.